The fourth-order valence-electron chi connectivity index (χ4n) is 1.16. The number of anilines is 1. The van der Waals surface area contributed by atoms with Gasteiger partial charge in [0.15, 0.2) is 12.4 Å². The minimum atomic E-state index is -0.211. The van der Waals surface area contributed by atoms with Crippen LogP contribution in [0.5, 0.6) is 5.75 Å². The van der Waals surface area contributed by atoms with Gasteiger partial charge in [-0.15, -0.1) is 0 Å². The van der Waals surface area contributed by atoms with E-state index >= 15 is 0 Å². The second kappa shape index (κ2) is 7.13. The molecule has 0 bridgehead atoms. The van der Waals surface area contributed by atoms with Gasteiger partial charge in [-0.25, -0.2) is 0 Å². The number of carbonyl (C=O) groups is 1. The van der Waals surface area contributed by atoms with Crippen molar-refractivity contribution in [3.8, 4) is 5.75 Å². The van der Waals surface area contributed by atoms with E-state index in [-0.39, 0.29) is 12.5 Å². The largest absolute Gasteiger partial charge is 0.480 e. The summed E-state index contributed by atoms with van der Waals surface area (Å²) in [5, 5.41) is 2.65. The molecule has 0 fully saturated rings. The van der Waals surface area contributed by atoms with Crippen LogP contribution in [-0.4, -0.2) is 32.8 Å². The van der Waals surface area contributed by atoms with Crippen LogP contribution >= 0.6 is 15.9 Å². The third-order valence-corrected chi connectivity index (χ3v) is 2.60. The first-order valence-corrected chi connectivity index (χ1v) is 5.87. The lowest BCUT2D eigenvalue weighted by Gasteiger charge is -2.10. The second-order valence-corrected chi connectivity index (χ2v) is 4.14. The van der Waals surface area contributed by atoms with E-state index in [1.54, 1.807) is 25.3 Å². The average Bonchev–Trinajstić information content (AvgIpc) is 2.29. The van der Waals surface area contributed by atoms with Crippen LogP contribution in [0.3, 0.4) is 0 Å². The number of para-hydroxylation sites is 1. The maximum Gasteiger partial charge on any atom is 0.258 e. The zero-order valence-corrected chi connectivity index (χ0v) is 11.1. The number of carbonyl (C=O) groups excluding carboxylic acids is 1. The maximum atomic E-state index is 11.4. The van der Waals surface area contributed by atoms with Crippen LogP contribution in [0.2, 0.25) is 0 Å². The van der Waals surface area contributed by atoms with Crippen LogP contribution in [0.15, 0.2) is 22.7 Å². The highest BCUT2D eigenvalue weighted by Gasteiger charge is 2.07. The molecule has 0 aromatic heterocycles. The number of nitrogens with one attached hydrogen (secondary N) is 1. The van der Waals surface area contributed by atoms with Crippen molar-refractivity contribution in [3.63, 3.8) is 0 Å². The second-order valence-electron chi connectivity index (χ2n) is 3.29. The van der Waals surface area contributed by atoms with Gasteiger partial charge in [0.05, 0.1) is 16.8 Å². The Morgan fingerprint density at radius 3 is 2.94 bits per heavy atom. The van der Waals surface area contributed by atoms with Crippen molar-refractivity contribution >= 4 is 27.5 Å². The summed E-state index contributed by atoms with van der Waals surface area (Å²) in [6, 6.07) is 5.31. The molecule has 94 valence electrons. The SMILES string of the molecule is COCCNC(=O)COc1c(N)cccc1Br. The summed E-state index contributed by atoms with van der Waals surface area (Å²) in [4.78, 5) is 11.4. The third-order valence-electron chi connectivity index (χ3n) is 1.97. The van der Waals surface area contributed by atoms with Gasteiger partial charge in [0.25, 0.3) is 5.91 Å². The van der Waals surface area contributed by atoms with Gasteiger partial charge < -0.3 is 20.5 Å². The molecule has 1 amide bonds. The first kappa shape index (κ1) is 13.8. The molecule has 0 aliphatic rings. The van der Waals surface area contributed by atoms with Crippen LogP contribution in [0.1, 0.15) is 0 Å². The van der Waals surface area contributed by atoms with Gasteiger partial charge in [0, 0.05) is 13.7 Å². The third kappa shape index (κ3) is 4.62. The van der Waals surface area contributed by atoms with Crippen molar-refractivity contribution in [2.45, 2.75) is 0 Å². The number of amides is 1. The van der Waals surface area contributed by atoms with Crippen LogP contribution in [0.4, 0.5) is 5.69 Å². The minimum absolute atomic E-state index is 0.0729. The summed E-state index contributed by atoms with van der Waals surface area (Å²) in [6.07, 6.45) is 0. The quantitative estimate of drug-likeness (QED) is 0.611. The zero-order valence-electron chi connectivity index (χ0n) is 9.53. The molecule has 0 saturated carbocycles. The minimum Gasteiger partial charge on any atom is -0.480 e. The predicted molar refractivity (Wildman–Crippen MR) is 68.9 cm³/mol. The van der Waals surface area contributed by atoms with E-state index in [1.807, 2.05) is 0 Å². The van der Waals surface area contributed by atoms with Crippen molar-refractivity contribution in [2.75, 3.05) is 32.6 Å². The molecule has 0 aliphatic heterocycles. The highest BCUT2D eigenvalue weighted by Crippen LogP contribution is 2.30. The highest BCUT2D eigenvalue weighted by atomic mass is 79.9. The monoisotopic (exact) mass is 302 g/mol. The maximum absolute atomic E-state index is 11.4. The number of methoxy groups -OCH3 is 1. The molecular weight excluding hydrogens is 288 g/mol. The Hall–Kier alpha value is -1.27. The Morgan fingerprint density at radius 1 is 1.53 bits per heavy atom. The van der Waals surface area contributed by atoms with E-state index in [4.69, 9.17) is 15.2 Å². The molecule has 17 heavy (non-hydrogen) atoms. The smallest absolute Gasteiger partial charge is 0.258 e. The summed E-state index contributed by atoms with van der Waals surface area (Å²) >= 11 is 3.30. The highest BCUT2D eigenvalue weighted by molar-refractivity contribution is 9.10. The summed E-state index contributed by atoms with van der Waals surface area (Å²) in [5.74, 6) is 0.270. The standard InChI is InChI=1S/C11H15BrN2O3/c1-16-6-5-14-10(15)7-17-11-8(12)3-2-4-9(11)13/h2-4H,5-7,13H2,1H3,(H,14,15). The predicted octanol–water partition coefficient (Wildman–Crippen LogP) is 1.17. The van der Waals surface area contributed by atoms with Crippen molar-refractivity contribution in [2.24, 2.45) is 0 Å². The number of ether oxygens (including phenoxy) is 2. The normalized spacial score (nSPS) is 10.0. The number of nitrogens with two attached hydrogens (primary N) is 1. The van der Waals surface area contributed by atoms with Gasteiger partial charge in [-0.05, 0) is 28.1 Å². The number of rotatable bonds is 6. The van der Waals surface area contributed by atoms with Crippen LogP contribution in [0.25, 0.3) is 0 Å². The number of hydrogen-bond acceptors (Lipinski definition) is 4. The van der Waals surface area contributed by atoms with Gasteiger partial charge in [0.1, 0.15) is 0 Å². The van der Waals surface area contributed by atoms with Crippen molar-refractivity contribution < 1.29 is 14.3 Å². The fourth-order valence-corrected chi connectivity index (χ4v) is 1.66. The first-order chi connectivity index (χ1) is 8.15. The Morgan fingerprint density at radius 2 is 2.29 bits per heavy atom. The zero-order chi connectivity index (χ0) is 12.7. The van der Waals surface area contributed by atoms with Gasteiger partial charge in [-0.1, -0.05) is 6.07 Å². The van der Waals surface area contributed by atoms with Gasteiger partial charge >= 0.3 is 0 Å². The Kier molecular flexibility index (Phi) is 5.79. The summed E-state index contributed by atoms with van der Waals surface area (Å²) in [5.41, 5.74) is 6.21. The number of benzene rings is 1. The molecule has 0 saturated heterocycles. The fraction of sp³-hybridized carbons (Fsp3) is 0.364. The van der Waals surface area contributed by atoms with Crippen molar-refractivity contribution in [1.82, 2.24) is 5.32 Å². The number of hydrogen-bond donors (Lipinski definition) is 2. The molecule has 0 heterocycles. The molecule has 1 aromatic carbocycles. The van der Waals surface area contributed by atoms with Crippen LogP contribution in [-0.2, 0) is 9.53 Å². The molecule has 0 spiro atoms. The Balaban J connectivity index is 2.42. The molecule has 0 unspecified atom stereocenters. The Labute approximate surface area is 108 Å². The van der Waals surface area contributed by atoms with Crippen molar-refractivity contribution in [1.29, 1.82) is 0 Å². The van der Waals surface area contributed by atoms with Gasteiger partial charge in [0.2, 0.25) is 0 Å². The molecule has 1 aromatic rings. The summed E-state index contributed by atoms with van der Waals surface area (Å²) in [7, 11) is 1.57. The van der Waals surface area contributed by atoms with E-state index in [9.17, 15) is 4.79 Å². The molecule has 0 atom stereocenters. The summed E-state index contributed by atoms with van der Waals surface area (Å²) in [6.45, 7) is 0.865. The van der Waals surface area contributed by atoms with Crippen molar-refractivity contribution in [3.05, 3.63) is 22.7 Å². The molecule has 3 N–H and O–H groups in total. The van der Waals surface area contributed by atoms with E-state index in [0.29, 0.717) is 24.6 Å². The van der Waals surface area contributed by atoms with Crippen LogP contribution < -0.4 is 15.8 Å². The van der Waals surface area contributed by atoms with E-state index < -0.39 is 0 Å². The van der Waals surface area contributed by atoms with Gasteiger partial charge in [-0.2, -0.15) is 0 Å². The Bertz CT molecular complexity index is 365. The average molecular weight is 303 g/mol. The van der Waals surface area contributed by atoms with Crippen LogP contribution in [0, 0.1) is 0 Å². The molecule has 1 rings (SSSR count). The lowest BCUT2D eigenvalue weighted by Crippen LogP contribution is -2.31. The summed E-state index contributed by atoms with van der Waals surface area (Å²) < 4.78 is 10.9. The topological polar surface area (TPSA) is 73.6 Å². The van der Waals surface area contributed by atoms with E-state index in [1.165, 1.54) is 0 Å². The molecule has 5 nitrogen and oxygen atoms in total. The van der Waals surface area contributed by atoms with Gasteiger partial charge in [-0.3, -0.25) is 4.79 Å². The van der Waals surface area contributed by atoms with E-state index in [2.05, 4.69) is 21.2 Å². The lowest BCUT2D eigenvalue weighted by atomic mass is 10.3. The number of halogens is 1. The first-order valence-electron chi connectivity index (χ1n) is 5.07. The molecular formula is C11H15BrN2O3. The number of nitrogen functional groups attached to an aromatic ring is 1. The van der Waals surface area contributed by atoms with E-state index in [0.717, 1.165) is 4.47 Å². The molecule has 0 radical (unpaired) electrons. The molecule has 6 heteroatoms. The lowest BCUT2D eigenvalue weighted by molar-refractivity contribution is -0.123. The molecule has 0 aliphatic carbocycles.